The van der Waals surface area contributed by atoms with Gasteiger partial charge in [-0.25, -0.2) is 0 Å². The first-order valence-electron chi connectivity index (χ1n) is 9.87. The summed E-state index contributed by atoms with van der Waals surface area (Å²) >= 11 is 0. The standard InChI is InChI=1S/C19H37N3O3/c1-20-18(22-16-19(7-3-8-19)9-14-23-2)21-10-4-11-25-15-17-5-12-24-13-6-17/h17H,3-16H2,1-2H3,(H2,20,21,22). The lowest BCUT2D eigenvalue weighted by Gasteiger charge is -2.42. The average molecular weight is 356 g/mol. The minimum atomic E-state index is 0.403. The van der Waals surface area contributed by atoms with E-state index in [2.05, 4.69) is 15.6 Å². The highest BCUT2D eigenvalue weighted by Crippen LogP contribution is 2.43. The van der Waals surface area contributed by atoms with Crippen molar-refractivity contribution in [2.24, 2.45) is 16.3 Å². The molecule has 1 saturated heterocycles. The molecule has 1 saturated carbocycles. The molecule has 146 valence electrons. The van der Waals surface area contributed by atoms with Crippen LogP contribution in [-0.4, -0.2) is 66.2 Å². The molecule has 0 aromatic rings. The highest BCUT2D eigenvalue weighted by molar-refractivity contribution is 5.79. The van der Waals surface area contributed by atoms with Crippen LogP contribution in [0.25, 0.3) is 0 Å². The smallest absolute Gasteiger partial charge is 0.190 e. The Morgan fingerprint density at radius 3 is 2.64 bits per heavy atom. The Hall–Kier alpha value is -0.850. The Bertz CT molecular complexity index is 380. The van der Waals surface area contributed by atoms with Crippen molar-refractivity contribution in [3.8, 4) is 0 Å². The Morgan fingerprint density at radius 1 is 1.20 bits per heavy atom. The number of nitrogens with zero attached hydrogens (tertiary/aromatic N) is 1. The first-order valence-corrected chi connectivity index (χ1v) is 9.87. The van der Waals surface area contributed by atoms with Gasteiger partial charge in [0.05, 0.1) is 0 Å². The van der Waals surface area contributed by atoms with Gasteiger partial charge in [-0.2, -0.15) is 0 Å². The predicted octanol–water partition coefficient (Wildman–Crippen LogP) is 2.19. The maximum Gasteiger partial charge on any atom is 0.190 e. The van der Waals surface area contributed by atoms with Gasteiger partial charge in [-0.3, -0.25) is 4.99 Å². The van der Waals surface area contributed by atoms with Crippen molar-refractivity contribution in [1.82, 2.24) is 10.6 Å². The lowest BCUT2D eigenvalue weighted by Crippen LogP contribution is -2.47. The van der Waals surface area contributed by atoms with Gasteiger partial charge in [0.2, 0.25) is 0 Å². The first-order chi connectivity index (χ1) is 12.3. The van der Waals surface area contributed by atoms with Crippen molar-refractivity contribution in [1.29, 1.82) is 0 Å². The molecule has 2 fully saturated rings. The first kappa shape index (κ1) is 20.5. The third-order valence-corrected chi connectivity index (χ3v) is 5.56. The van der Waals surface area contributed by atoms with Crippen LogP contribution in [0.1, 0.15) is 44.9 Å². The fraction of sp³-hybridized carbons (Fsp3) is 0.947. The van der Waals surface area contributed by atoms with E-state index in [4.69, 9.17) is 14.2 Å². The van der Waals surface area contributed by atoms with E-state index in [0.29, 0.717) is 11.3 Å². The van der Waals surface area contributed by atoms with Crippen LogP contribution in [0.4, 0.5) is 0 Å². The van der Waals surface area contributed by atoms with Crippen LogP contribution >= 0.6 is 0 Å². The quantitative estimate of drug-likeness (QED) is 0.338. The molecular formula is C19H37N3O3. The van der Waals surface area contributed by atoms with Gasteiger partial charge in [0.15, 0.2) is 5.96 Å². The van der Waals surface area contributed by atoms with Crippen molar-refractivity contribution >= 4 is 5.96 Å². The molecule has 0 amide bonds. The third kappa shape index (κ3) is 7.50. The number of aliphatic imine (C=N–C) groups is 1. The molecule has 1 aliphatic carbocycles. The monoisotopic (exact) mass is 355 g/mol. The zero-order valence-electron chi connectivity index (χ0n) is 16.1. The molecule has 0 bridgehead atoms. The number of nitrogens with one attached hydrogen (secondary N) is 2. The van der Waals surface area contributed by atoms with Crippen LogP contribution in [0, 0.1) is 11.3 Å². The summed E-state index contributed by atoms with van der Waals surface area (Å²) in [7, 11) is 3.62. The van der Waals surface area contributed by atoms with Gasteiger partial charge in [0.25, 0.3) is 0 Å². The van der Waals surface area contributed by atoms with Gasteiger partial charge in [-0.1, -0.05) is 6.42 Å². The zero-order valence-corrected chi connectivity index (χ0v) is 16.1. The van der Waals surface area contributed by atoms with Crippen molar-refractivity contribution in [3.05, 3.63) is 0 Å². The Labute approximate surface area is 153 Å². The van der Waals surface area contributed by atoms with Crippen LogP contribution in [0.2, 0.25) is 0 Å². The van der Waals surface area contributed by atoms with E-state index in [1.807, 2.05) is 7.05 Å². The Morgan fingerprint density at radius 2 is 2.00 bits per heavy atom. The topological polar surface area (TPSA) is 64.1 Å². The summed E-state index contributed by atoms with van der Waals surface area (Å²) in [5.41, 5.74) is 0.403. The Kier molecular flexibility index (Phi) is 9.58. The minimum Gasteiger partial charge on any atom is -0.385 e. The van der Waals surface area contributed by atoms with E-state index < -0.39 is 0 Å². The van der Waals surface area contributed by atoms with E-state index >= 15 is 0 Å². The van der Waals surface area contributed by atoms with Crippen molar-refractivity contribution in [2.45, 2.75) is 44.9 Å². The summed E-state index contributed by atoms with van der Waals surface area (Å²) in [6.07, 6.45) is 8.33. The highest BCUT2D eigenvalue weighted by atomic mass is 16.5. The fourth-order valence-corrected chi connectivity index (χ4v) is 3.55. The molecule has 0 aromatic carbocycles. The van der Waals surface area contributed by atoms with Crippen molar-refractivity contribution in [2.75, 3.05) is 60.3 Å². The van der Waals surface area contributed by atoms with E-state index in [0.717, 1.165) is 77.8 Å². The number of hydrogen-bond acceptors (Lipinski definition) is 4. The van der Waals surface area contributed by atoms with E-state index in [1.165, 1.54) is 19.3 Å². The normalized spacial score (nSPS) is 21.0. The molecule has 0 radical (unpaired) electrons. The summed E-state index contributed by atoms with van der Waals surface area (Å²) in [6.45, 7) is 6.18. The van der Waals surface area contributed by atoms with Crippen LogP contribution in [-0.2, 0) is 14.2 Å². The molecular weight excluding hydrogens is 318 g/mol. The maximum atomic E-state index is 5.80. The third-order valence-electron chi connectivity index (χ3n) is 5.56. The van der Waals surface area contributed by atoms with Crippen LogP contribution < -0.4 is 10.6 Å². The van der Waals surface area contributed by atoms with Gasteiger partial charge in [0.1, 0.15) is 0 Å². The summed E-state index contributed by atoms with van der Waals surface area (Å²) in [5.74, 6) is 1.58. The lowest BCUT2D eigenvalue weighted by molar-refractivity contribution is 0.0203. The SMILES string of the molecule is CN=C(NCCCOCC1CCOCC1)NCC1(CCOC)CCC1. The van der Waals surface area contributed by atoms with E-state index in [-0.39, 0.29) is 0 Å². The summed E-state index contributed by atoms with van der Waals surface area (Å²) in [5, 5.41) is 6.88. The number of rotatable bonds is 11. The van der Waals surface area contributed by atoms with Gasteiger partial charge in [0, 0.05) is 60.3 Å². The van der Waals surface area contributed by atoms with E-state index in [1.54, 1.807) is 7.11 Å². The molecule has 0 atom stereocenters. The number of hydrogen-bond donors (Lipinski definition) is 2. The fourth-order valence-electron chi connectivity index (χ4n) is 3.55. The molecule has 1 aliphatic heterocycles. The molecule has 0 unspecified atom stereocenters. The molecule has 2 aliphatic rings. The van der Waals surface area contributed by atoms with Crippen molar-refractivity contribution in [3.63, 3.8) is 0 Å². The molecule has 0 aromatic heterocycles. The lowest BCUT2D eigenvalue weighted by atomic mass is 9.67. The molecule has 6 heteroatoms. The minimum absolute atomic E-state index is 0.403. The number of guanidine groups is 1. The molecule has 2 N–H and O–H groups in total. The van der Waals surface area contributed by atoms with E-state index in [9.17, 15) is 0 Å². The van der Waals surface area contributed by atoms with Gasteiger partial charge >= 0.3 is 0 Å². The number of methoxy groups -OCH3 is 1. The average Bonchev–Trinajstić information content (AvgIpc) is 2.62. The predicted molar refractivity (Wildman–Crippen MR) is 101 cm³/mol. The van der Waals surface area contributed by atoms with Crippen molar-refractivity contribution < 1.29 is 14.2 Å². The second-order valence-corrected chi connectivity index (χ2v) is 7.43. The second-order valence-electron chi connectivity index (χ2n) is 7.43. The highest BCUT2D eigenvalue weighted by Gasteiger charge is 2.36. The summed E-state index contributed by atoms with van der Waals surface area (Å²) in [4.78, 5) is 4.33. The van der Waals surface area contributed by atoms with Gasteiger partial charge < -0.3 is 24.8 Å². The second kappa shape index (κ2) is 11.7. The summed E-state index contributed by atoms with van der Waals surface area (Å²) in [6, 6.07) is 0. The zero-order chi connectivity index (χ0) is 17.8. The molecule has 6 nitrogen and oxygen atoms in total. The maximum absolute atomic E-state index is 5.80. The van der Waals surface area contributed by atoms with Crippen LogP contribution in [0.3, 0.4) is 0 Å². The van der Waals surface area contributed by atoms with Crippen LogP contribution in [0.5, 0.6) is 0 Å². The largest absolute Gasteiger partial charge is 0.385 e. The molecule has 1 heterocycles. The molecule has 25 heavy (non-hydrogen) atoms. The van der Waals surface area contributed by atoms with Crippen LogP contribution in [0.15, 0.2) is 4.99 Å². The Balaban J connectivity index is 1.51. The van der Waals surface area contributed by atoms with Gasteiger partial charge in [-0.05, 0) is 49.9 Å². The molecule has 2 rings (SSSR count). The molecule has 0 spiro atoms. The van der Waals surface area contributed by atoms with Gasteiger partial charge in [-0.15, -0.1) is 0 Å². The number of ether oxygens (including phenoxy) is 3. The summed E-state index contributed by atoms with van der Waals surface area (Å²) < 4.78 is 16.4.